The number of anilines is 1. The fraction of sp³-hybridized carbons (Fsp3) is 0.273. The van der Waals surface area contributed by atoms with Crippen LogP contribution in [0.5, 0.6) is 0 Å². The van der Waals surface area contributed by atoms with Crippen LogP contribution in [0.4, 0.5) is 5.82 Å². The first-order valence-corrected chi connectivity index (χ1v) is 6.22. The lowest BCUT2D eigenvalue weighted by Crippen LogP contribution is -2.08. The number of hydrogen-bond acceptors (Lipinski definition) is 4. The Kier molecular flexibility index (Phi) is 3.41. The lowest BCUT2D eigenvalue weighted by molar-refractivity contribution is 0.838. The lowest BCUT2D eigenvalue weighted by Gasteiger charge is -2.11. The molecule has 0 amide bonds. The number of nitrogens with one attached hydrogen (secondary N) is 1. The smallest absolute Gasteiger partial charge is 0.131 e. The first kappa shape index (κ1) is 11.4. The van der Waals surface area contributed by atoms with Gasteiger partial charge in [0.05, 0.1) is 16.7 Å². The first-order chi connectivity index (χ1) is 7.65. The van der Waals surface area contributed by atoms with E-state index < -0.39 is 0 Å². The third-order valence-electron chi connectivity index (χ3n) is 2.16. The summed E-state index contributed by atoms with van der Waals surface area (Å²) in [6.45, 7) is 4.05. The first-order valence-electron chi connectivity index (χ1n) is 4.96. The Balaban J connectivity index is 2.10. The number of rotatable bonds is 3. The van der Waals surface area contributed by atoms with Gasteiger partial charge in [0.1, 0.15) is 11.0 Å². The molecule has 2 rings (SSSR count). The van der Waals surface area contributed by atoms with Crippen LogP contribution in [-0.4, -0.2) is 9.97 Å². The highest BCUT2D eigenvalue weighted by atomic mass is 35.5. The van der Waals surface area contributed by atoms with Crippen molar-refractivity contribution < 1.29 is 0 Å². The SMILES string of the molecule is Cc1nc(C(C)Nc2cccc(Cl)n2)cs1. The van der Waals surface area contributed by atoms with Crippen molar-refractivity contribution in [3.63, 3.8) is 0 Å². The molecule has 0 aromatic carbocycles. The van der Waals surface area contributed by atoms with Gasteiger partial charge in [0, 0.05) is 5.38 Å². The van der Waals surface area contributed by atoms with Crippen LogP contribution in [0.3, 0.4) is 0 Å². The van der Waals surface area contributed by atoms with Crippen LogP contribution in [0, 0.1) is 6.92 Å². The molecule has 16 heavy (non-hydrogen) atoms. The van der Waals surface area contributed by atoms with Gasteiger partial charge >= 0.3 is 0 Å². The molecule has 1 N–H and O–H groups in total. The van der Waals surface area contributed by atoms with E-state index in [4.69, 9.17) is 11.6 Å². The highest BCUT2D eigenvalue weighted by Crippen LogP contribution is 2.20. The molecular formula is C11H12ClN3S. The summed E-state index contributed by atoms with van der Waals surface area (Å²) in [6, 6.07) is 5.65. The fourth-order valence-electron chi connectivity index (χ4n) is 1.36. The Morgan fingerprint density at radius 2 is 2.19 bits per heavy atom. The third-order valence-corrected chi connectivity index (χ3v) is 3.16. The standard InChI is InChI=1S/C11H12ClN3S/c1-7(9-6-16-8(2)14-9)13-11-5-3-4-10(12)15-11/h3-7H,1-2H3,(H,13,15). The highest BCUT2D eigenvalue weighted by Gasteiger charge is 2.09. The van der Waals surface area contributed by atoms with Crippen molar-refractivity contribution in [2.75, 3.05) is 5.32 Å². The van der Waals surface area contributed by atoms with Crippen LogP contribution in [-0.2, 0) is 0 Å². The third kappa shape index (κ3) is 2.71. The second-order valence-electron chi connectivity index (χ2n) is 3.50. The second kappa shape index (κ2) is 4.80. The van der Waals surface area contributed by atoms with Gasteiger partial charge < -0.3 is 5.32 Å². The van der Waals surface area contributed by atoms with Gasteiger partial charge in [-0.05, 0) is 26.0 Å². The van der Waals surface area contributed by atoms with E-state index in [1.165, 1.54) is 0 Å². The molecule has 1 atom stereocenters. The normalized spacial score (nSPS) is 12.4. The number of nitrogens with zero attached hydrogens (tertiary/aromatic N) is 2. The van der Waals surface area contributed by atoms with Gasteiger partial charge in [-0.1, -0.05) is 17.7 Å². The van der Waals surface area contributed by atoms with E-state index in [1.807, 2.05) is 19.1 Å². The molecule has 3 nitrogen and oxygen atoms in total. The zero-order valence-corrected chi connectivity index (χ0v) is 10.6. The Labute approximate surface area is 104 Å². The van der Waals surface area contributed by atoms with Crippen molar-refractivity contribution in [3.8, 4) is 0 Å². The Morgan fingerprint density at radius 3 is 2.81 bits per heavy atom. The van der Waals surface area contributed by atoms with Crippen molar-refractivity contribution in [2.24, 2.45) is 0 Å². The van der Waals surface area contributed by atoms with Crippen LogP contribution < -0.4 is 5.32 Å². The maximum Gasteiger partial charge on any atom is 0.131 e. The number of aromatic nitrogens is 2. The van der Waals surface area contributed by atoms with Crippen LogP contribution in [0.25, 0.3) is 0 Å². The number of hydrogen-bond donors (Lipinski definition) is 1. The predicted molar refractivity (Wildman–Crippen MR) is 68.1 cm³/mol. The molecule has 0 aliphatic heterocycles. The minimum absolute atomic E-state index is 0.135. The average Bonchev–Trinajstić information content (AvgIpc) is 2.65. The molecule has 84 valence electrons. The molecule has 0 aliphatic carbocycles. The zero-order chi connectivity index (χ0) is 11.5. The van der Waals surface area contributed by atoms with Gasteiger partial charge in [-0.2, -0.15) is 0 Å². The van der Waals surface area contributed by atoms with Crippen LogP contribution in [0.1, 0.15) is 23.7 Å². The van der Waals surface area contributed by atoms with Crippen molar-refractivity contribution >= 4 is 28.8 Å². The fourth-order valence-corrected chi connectivity index (χ4v) is 2.23. The molecule has 1 unspecified atom stereocenters. The van der Waals surface area contributed by atoms with Crippen molar-refractivity contribution in [1.29, 1.82) is 0 Å². The monoisotopic (exact) mass is 253 g/mol. The van der Waals surface area contributed by atoms with Gasteiger partial charge in [-0.15, -0.1) is 11.3 Å². The van der Waals surface area contributed by atoms with E-state index in [2.05, 4.69) is 27.6 Å². The summed E-state index contributed by atoms with van der Waals surface area (Å²) >= 11 is 7.46. The molecule has 0 aliphatic rings. The zero-order valence-electron chi connectivity index (χ0n) is 9.07. The molecule has 0 spiro atoms. The van der Waals surface area contributed by atoms with Crippen LogP contribution in [0.2, 0.25) is 5.15 Å². The Bertz CT molecular complexity index is 484. The molecule has 2 aromatic rings. The van der Waals surface area contributed by atoms with Crippen molar-refractivity contribution in [3.05, 3.63) is 39.4 Å². The van der Waals surface area contributed by atoms with Crippen molar-refractivity contribution in [1.82, 2.24) is 9.97 Å². The number of aryl methyl sites for hydroxylation is 1. The highest BCUT2D eigenvalue weighted by molar-refractivity contribution is 7.09. The molecule has 0 fully saturated rings. The van der Waals surface area contributed by atoms with Gasteiger partial charge in [-0.25, -0.2) is 9.97 Å². The van der Waals surface area contributed by atoms with E-state index in [-0.39, 0.29) is 6.04 Å². The Hall–Kier alpha value is -1.13. The van der Waals surface area contributed by atoms with E-state index in [0.717, 1.165) is 16.5 Å². The summed E-state index contributed by atoms with van der Waals surface area (Å²) in [5, 5.41) is 6.88. The number of halogens is 1. The van der Waals surface area contributed by atoms with Gasteiger partial charge in [0.15, 0.2) is 0 Å². The summed E-state index contributed by atoms with van der Waals surface area (Å²) in [4.78, 5) is 8.60. The maximum atomic E-state index is 5.81. The van der Waals surface area contributed by atoms with Gasteiger partial charge in [-0.3, -0.25) is 0 Å². The quantitative estimate of drug-likeness (QED) is 0.848. The van der Waals surface area contributed by atoms with Gasteiger partial charge in [0.25, 0.3) is 0 Å². The topological polar surface area (TPSA) is 37.8 Å². The molecule has 0 radical (unpaired) electrons. The van der Waals surface area contributed by atoms with E-state index >= 15 is 0 Å². The summed E-state index contributed by atoms with van der Waals surface area (Å²) < 4.78 is 0. The molecule has 2 aromatic heterocycles. The molecule has 5 heteroatoms. The molecule has 0 saturated heterocycles. The second-order valence-corrected chi connectivity index (χ2v) is 4.95. The van der Waals surface area contributed by atoms with Gasteiger partial charge in [0.2, 0.25) is 0 Å². The minimum Gasteiger partial charge on any atom is -0.362 e. The lowest BCUT2D eigenvalue weighted by atomic mass is 10.2. The maximum absolute atomic E-state index is 5.81. The number of pyridine rings is 1. The van der Waals surface area contributed by atoms with Crippen molar-refractivity contribution in [2.45, 2.75) is 19.9 Å². The molecular weight excluding hydrogens is 242 g/mol. The predicted octanol–water partition coefficient (Wildman–Crippen LogP) is 3.67. The summed E-state index contributed by atoms with van der Waals surface area (Å²) in [5.74, 6) is 0.769. The van der Waals surface area contributed by atoms with E-state index in [1.54, 1.807) is 17.4 Å². The summed E-state index contributed by atoms with van der Waals surface area (Å²) in [6.07, 6.45) is 0. The minimum atomic E-state index is 0.135. The molecule has 0 saturated carbocycles. The largest absolute Gasteiger partial charge is 0.362 e. The Morgan fingerprint density at radius 1 is 1.38 bits per heavy atom. The van der Waals surface area contributed by atoms with E-state index in [0.29, 0.717) is 5.15 Å². The number of thiazole rings is 1. The molecule has 2 heterocycles. The van der Waals surface area contributed by atoms with Crippen LogP contribution in [0.15, 0.2) is 23.6 Å². The summed E-state index contributed by atoms with van der Waals surface area (Å²) in [7, 11) is 0. The summed E-state index contributed by atoms with van der Waals surface area (Å²) in [5.41, 5.74) is 1.03. The van der Waals surface area contributed by atoms with E-state index in [9.17, 15) is 0 Å². The molecule has 0 bridgehead atoms. The average molecular weight is 254 g/mol. The van der Waals surface area contributed by atoms with Crippen LogP contribution >= 0.6 is 22.9 Å².